The number of amides is 1. The van der Waals surface area contributed by atoms with E-state index in [2.05, 4.69) is 15.1 Å². The summed E-state index contributed by atoms with van der Waals surface area (Å²) in [5.74, 6) is 0.0342. The first-order valence-electron chi connectivity index (χ1n) is 8.21. The van der Waals surface area contributed by atoms with Crippen LogP contribution in [-0.2, 0) is 13.2 Å². The van der Waals surface area contributed by atoms with Crippen LogP contribution in [0.3, 0.4) is 0 Å². The van der Waals surface area contributed by atoms with E-state index in [0.29, 0.717) is 31.5 Å². The molecule has 1 amide bonds. The largest absolute Gasteiger partial charge is 0.479 e. The van der Waals surface area contributed by atoms with Crippen LogP contribution in [0.4, 0.5) is 13.2 Å². The molecule has 27 heavy (non-hydrogen) atoms. The monoisotopic (exact) mass is 385 g/mol. The quantitative estimate of drug-likeness (QED) is 0.800. The van der Waals surface area contributed by atoms with Crippen LogP contribution < -0.4 is 9.47 Å². The van der Waals surface area contributed by atoms with Crippen molar-refractivity contribution in [1.82, 2.24) is 24.6 Å². The van der Waals surface area contributed by atoms with Crippen LogP contribution in [0.1, 0.15) is 28.9 Å². The third-order valence-corrected chi connectivity index (χ3v) is 4.14. The molecule has 1 aliphatic heterocycles. The summed E-state index contributed by atoms with van der Waals surface area (Å²) >= 11 is 0. The molecular formula is C16H18F3N5O3. The minimum absolute atomic E-state index is 0.214. The van der Waals surface area contributed by atoms with Gasteiger partial charge in [-0.15, -0.1) is 5.10 Å². The van der Waals surface area contributed by atoms with Gasteiger partial charge in [0.2, 0.25) is 5.88 Å². The van der Waals surface area contributed by atoms with Gasteiger partial charge in [0.15, 0.2) is 5.69 Å². The van der Waals surface area contributed by atoms with E-state index in [-0.39, 0.29) is 23.9 Å². The second-order valence-corrected chi connectivity index (χ2v) is 6.06. The van der Waals surface area contributed by atoms with Gasteiger partial charge in [-0.1, -0.05) is 0 Å². The summed E-state index contributed by atoms with van der Waals surface area (Å²) in [6, 6.07) is 0.471. The lowest BCUT2D eigenvalue weighted by Crippen LogP contribution is -2.42. The molecule has 146 valence electrons. The van der Waals surface area contributed by atoms with Crippen molar-refractivity contribution in [2.75, 3.05) is 20.2 Å². The molecule has 3 rings (SSSR count). The zero-order chi connectivity index (χ0) is 19.6. The van der Waals surface area contributed by atoms with Crippen LogP contribution in [0, 0.1) is 0 Å². The van der Waals surface area contributed by atoms with Crippen LogP contribution in [0.15, 0.2) is 18.5 Å². The van der Waals surface area contributed by atoms with E-state index in [1.165, 1.54) is 11.8 Å². The maximum Gasteiger partial charge on any atom is 0.433 e. The summed E-state index contributed by atoms with van der Waals surface area (Å²) in [4.78, 5) is 21.4. The Hall–Kier alpha value is -2.85. The van der Waals surface area contributed by atoms with Crippen LogP contribution >= 0.6 is 0 Å². The van der Waals surface area contributed by atoms with Crippen molar-refractivity contribution in [3.8, 4) is 11.9 Å². The number of halogens is 3. The summed E-state index contributed by atoms with van der Waals surface area (Å²) < 4.78 is 50.2. The molecule has 8 nitrogen and oxygen atoms in total. The van der Waals surface area contributed by atoms with Crippen molar-refractivity contribution in [3.63, 3.8) is 0 Å². The highest BCUT2D eigenvalue weighted by atomic mass is 19.4. The zero-order valence-corrected chi connectivity index (χ0v) is 14.7. The molecule has 0 radical (unpaired) electrons. The van der Waals surface area contributed by atoms with Crippen molar-refractivity contribution in [3.05, 3.63) is 29.7 Å². The molecule has 0 spiro atoms. The minimum Gasteiger partial charge on any atom is -0.479 e. The fourth-order valence-corrected chi connectivity index (χ4v) is 2.82. The molecular weight excluding hydrogens is 367 g/mol. The number of nitrogens with zero attached hydrogens (tertiary/aromatic N) is 5. The average molecular weight is 385 g/mol. The van der Waals surface area contributed by atoms with E-state index in [9.17, 15) is 18.0 Å². The summed E-state index contributed by atoms with van der Waals surface area (Å²) in [5, 5.41) is 4.06. The van der Waals surface area contributed by atoms with E-state index < -0.39 is 11.9 Å². The fourth-order valence-electron chi connectivity index (χ4n) is 2.82. The lowest BCUT2D eigenvalue weighted by Gasteiger charge is -2.31. The Balaban J connectivity index is 1.60. The number of carbonyl (C=O) groups is 1. The number of aryl methyl sites for hydroxylation is 1. The van der Waals surface area contributed by atoms with E-state index in [4.69, 9.17) is 9.47 Å². The first-order valence-corrected chi connectivity index (χ1v) is 8.21. The summed E-state index contributed by atoms with van der Waals surface area (Å²) in [7, 11) is 3.13. The number of likely N-dealkylation sites (tertiary alicyclic amines) is 1. The molecule has 1 fully saturated rings. The van der Waals surface area contributed by atoms with Gasteiger partial charge < -0.3 is 14.4 Å². The number of aromatic nitrogens is 4. The van der Waals surface area contributed by atoms with E-state index in [1.807, 2.05) is 0 Å². The first-order chi connectivity index (χ1) is 12.8. The Kier molecular flexibility index (Phi) is 5.19. The Morgan fingerprint density at radius 1 is 1.30 bits per heavy atom. The highest BCUT2D eigenvalue weighted by Gasteiger charge is 2.33. The van der Waals surface area contributed by atoms with Crippen molar-refractivity contribution >= 4 is 5.91 Å². The SMILES string of the molecule is COc1nn(C)cc1C(=O)N1CCC(Oc2nccc(C(F)(F)F)n2)CC1. The molecule has 3 heterocycles. The lowest BCUT2D eigenvalue weighted by molar-refractivity contribution is -0.141. The van der Waals surface area contributed by atoms with Crippen LogP contribution in [0.25, 0.3) is 0 Å². The Morgan fingerprint density at radius 3 is 2.63 bits per heavy atom. The standard InChI is InChI=1S/C16H18F3N5O3/c1-23-9-11(13(22-23)26-2)14(25)24-7-4-10(5-8-24)27-15-20-6-3-12(21-15)16(17,18)19/h3,6,9-10H,4-5,7-8H2,1-2H3. The highest BCUT2D eigenvalue weighted by molar-refractivity contribution is 5.96. The predicted octanol–water partition coefficient (Wildman–Crippen LogP) is 1.92. The molecule has 0 aromatic carbocycles. The molecule has 2 aromatic heterocycles. The number of piperidine rings is 1. The normalized spacial score (nSPS) is 15.7. The number of ether oxygens (including phenoxy) is 2. The number of methoxy groups -OCH3 is 1. The van der Waals surface area contributed by atoms with Gasteiger partial charge in [0, 0.05) is 45.4 Å². The number of hydrogen-bond acceptors (Lipinski definition) is 6. The highest BCUT2D eigenvalue weighted by Crippen LogP contribution is 2.28. The molecule has 0 bridgehead atoms. The minimum atomic E-state index is -4.56. The van der Waals surface area contributed by atoms with Crippen LogP contribution in [0.5, 0.6) is 11.9 Å². The molecule has 0 atom stereocenters. The van der Waals surface area contributed by atoms with E-state index >= 15 is 0 Å². The van der Waals surface area contributed by atoms with E-state index in [0.717, 1.165) is 12.3 Å². The third-order valence-electron chi connectivity index (χ3n) is 4.14. The summed E-state index contributed by atoms with van der Waals surface area (Å²) in [6.07, 6.45) is -1.42. The van der Waals surface area contributed by atoms with Gasteiger partial charge in [0.25, 0.3) is 5.91 Å². The predicted molar refractivity (Wildman–Crippen MR) is 86.3 cm³/mol. The second kappa shape index (κ2) is 7.41. The Morgan fingerprint density at radius 2 is 2.00 bits per heavy atom. The number of carbonyl (C=O) groups excluding carboxylic acids is 1. The summed E-state index contributed by atoms with van der Waals surface area (Å²) in [6.45, 7) is 0.779. The smallest absolute Gasteiger partial charge is 0.433 e. The second-order valence-electron chi connectivity index (χ2n) is 6.06. The summed E-state index contributed by atoms with van der Waals surface area (Å²) in [5.41, 5.74) is -0.690. The van der Waals surface area contributed by atoms with Gasteiger partial charge >= 0.3 is 12.2 Å². The van der Waals surface area contributed by atoms with Crippen LogP contribution in [0.2, 0.25) is 0 Å². The average Bonchev–Trinajstić information content (AvgIpc) is 3.02. The molecule has 1 aliphatic rings. The number of hydrogen-bond donors (Lipinski definition) is 0. The topological polar surface area (TPSA) is 82.4 Å². The van der Waals surface area contributed by atoms with Crippen LogP contribution in [-0.4, -0.2) is 56.9 Å². The molecule has 1 saturated heterocycles. The molecule has 0 saturated carbocycles. The molecule has 2 aromatic rings. The van der Waals surface area contributed by atoms with Gasteiger partial charge in [0.05, 0.1) is 7.11 Å². The molecule has 0 aliphatic carbocycles. The van der Waals surface area contributed by atoms with Gasteiger partial charge in [0.1, 0.15) is 11.7 Å². The lowest BCUT2D eigenvalue weighted by atomic mass is 10.1. The zero-order valence-electron chi connectivity index (χ0n) is 14.7. The van der Waals surface area contributed by atoms with Crippen molar-refractivity contribution in [2.45, 2.75) is 25.1 Å². The van der Waals surface area contributed by atoms with Crippen molar-refractivity contribution in [2.24, 2.45) is 7.05 Å². The van der Waals surface area contributed by atoms with Crippen molar-refractivity contribution < 1.29 is 27.4 Å². The van der Waals surface area contributed by atoms with E-state index in [1.54, 1.807) is 18.1 Å². The number of rotatable bonds is 4. The first kappa shape index (κ1) is 18.9. The van der Waals surface area contributed by atoms with Crippen molar-refractivity contribution in [1.29, 1.82) is 0 Å². The fraction of sp³-hybridized carbons (Fsp3) is 0.500. The molecule has 0 N–H and O–H groups in total. The third kappa shape index (κ3) is 4.29. The Labute approximate surface area is 152 Å². The van der Waals surface area contributed by atoms with Gasteiger partial charge in [-0.2, -0.15) is 18.2 Å². The maximum atomic E-state index is 12.7. The Bertz CT molecular complexity index is 816. The van der Waals surface area contributed by atoms with Gasteiger partial charge in [-0.05, 0) is 6.07 Å². The maximum absolute atomic E-state index is 12.7. The molecule has 0 unspecified atom stereocenters. The molecule has 11 heteroatoms. The van der Waals surface area contributed by atoms with Gasteiger partial charge in [-0.25, -0.2) is 4.98 Å². The van der Waals surface area contributed by atoms with Gasteiger partial charge in [-0.3, -0.25) is 9.48 Å². The number of alkyl halides is 3.